The average molecular weight is 172 g/mol. The van der Waals surface area contributed by atoms with Crippen LogP contribution in [-0.2, 0) is 9.47 Å². The first-order valence-electron chi connectivity index (χ1n) is 4.54. The van der Waals surface area contributed by atoms with Crippen LogP contribution in [-0.4, -0.2) is 29.7 Å². The predicted octanol–water partition coefficient (Wildman–Crippen LogP) is 0.909. The first kappa shape index (κ1) is 8.48. The molecule has 0 bridgehead atoms. The molecule has 0 spiro atoms. The van der Waals surface area contributed by atoms with Crippen LogP contribution in [0, 0.1) is 5.92 Å². The summed E-state index contributed by atoms with van der Waals surface area (Å²) in [6, 6.07) is 0. The third kappa shape index (κ3) is 1.49. The van der Waals surface area contributed by atoms with Crippen molar-refractivity contribution in [3.05, 3.63) is 0 Å². The van der Waals surface area contributed by atoms with Gasteiger partial charge in [0.15, 0.2) is 6.29 Å². The number of fused-ring (bicyclic) bond motifs is 1. The maximum atomic E-state index is 9.25. The van der Waals surface area contributed by atoms with Crippen molar-refractivity contribution in [1.82, 2.24) is 0 Å². The molecule has 2 rings (SSSR count). The van der Waals surface area contributed by atoms with Gasteiger partial charge in [0.05, 0.1) is 18.3 Å². The lowest BCUT2D eigenvalue weighted by atomic mass is 9.90. The Hall–Kier alpha value is -0.120. The molecule has 0 aromatic rings. The van der Waals surface area contributed by atoms with E-state index in [4.69, 9.17) is 9.47 Å². The number of ether oxygens (including phenoxy) is 2. The Kier molecular flexibility index (Phi) is 1.90. The van der Waals surface area contributed by atoms with Crippen LogP contribution in [0.4, 0.5) is 0 Å². The van der Waals surface area contributed by atoms with Gasteiger partial charge in [-0.05, 0) is 26.2 Å². The van der Waals surface area contributed by atoms with Crippen molar-refractivity contribution in [1.29, 1.82) is 0 Å². The van der Waals surface area contributed by atoms with E-state index in [1.54, 1.807) is 0 Å². The highest BCUT2D eigenvalue weighted by Gasteiger charge is 2.43. The molecule has 3 atom stereocenters. The van der Waals surface area contributed by atoms with Crippen molar-refractivity contribution in [3.8, 4) is 0 Å². The molecule has 0 aromatic carbocycles. The molecule has 12 heavy (non-hydrogen) atoms. The predicted molar refractivity (Wildman–Crippen MR) is 43.6 cm³/mol. The van der Waals surface area contributed by atoms with E-state index in [9.17, 15) is 5.11 Å². The molecule has 70 valence electrons. The Balaban J connectivity index is 2.02. The molecule has 0 saturated carbocycles. The van der Waals surface area contributed by atoms with Gasteiger partial charge in [-0.2, -0.15) is 0 Å². The van der Waals surface area contributed by atoms with Crippen LogP contribution in [0.15, 0.2) is 0 Å². The van der Waals surface area contributed by atoms with E-state index < -0.39 is 6.29 Å². The van der Waals surface area contributed by atoms with Gasteiger partial charge in [0.25, 0.3) is 0 Å². The molecule has 0 amide bonds. The highest BCUT2D eigenvalue weighted by Crippen LogP contribution is 2.39. The maximum absolute atomic E-state index is 9.25. The lowest BCUT2D eigenvalue weighted by Crippen LogP contribution is -2.35. The van der Waals surface area contributed by atoms with Gasteiger partial charge < -0.3 is 14.6 Å². The monoisotopic (exact) mass is 172 g/mol. The second kappa shape index (κ2) is 2.69. The van der Waals surface area contributed by atoms with Crippen LogP contribution in [0.1, 0.15) is 26.7 Å². The van der Waals surface area contributed by atoms with Crippen LogP contribution < -0.4 is 0 Å². The molecule has 0 radical (unpaired) electrons. The van der Waals surface area contributed by atoms with Crippen molar-refractivity contribution in [2.24, 2.45) is 5.92 Å². The second-order valence-electron chi connectivity index (χ2n) is 4.40. The Morgan fingerprint density at radius 1 is 1.42 bits per heavy atom. The van der Waals surface area contributed by atoms with Crippen molar-refractivity contribution in [2.75, 3.05) is 6.61 Å². The van der Waals surface area contributed by atoms with E-state index >= 15 is 0 Å². The fraction of sp³-hybridized carbons (Fsp3) is 1.00. The molecule has 2 heterocycles. The summed E-state index contributed by atoms with van der Waals surface area (Å²) in [5.41, 5.74) is -0.0250. The van der Waals surface area contributed by atoms with Gasteiger partial charge in [0, 0.05) is 6.42 Å². The van der Waals surface area contributed by atoms with E-state index in [1.165, 1.54) is 0 Å². The van der Waals surface area contributed by atoms with E-state index in [-0.39, 0.29) is 11.7 Å². The van der Waals surface area contributed by atoms with Gasteiger partial charge in [0.2, 0.25) is 0 Å². The molecule has 2 aliphatic rings. The Morgan fingerprint density at radius 3 is 2.92 bits per heavy atom. The molecule has 2 fully saturated rings. The zero-order valence-electron chi connectivity index (χ0n) is 7.62. The van der Waals surface area contributed by atoms with Crippen molar-refractivity contribution in [2.45, 2.75) is 44.7 Å². The molecule has 3 heteroatoms. The van der Waals surface area contributed by atoms with Crippen molar-refractivity contribution < 1.29 is 14.6 Å². The van der Waals surface area contributed by atoms with E-state index in [0.717, 1.165) is 12.8 Å². The van der Waals surface area contributed by atoms with Gasteiger partial charge in [-0.3, -0.25) is 0 Å². The minimum absolute atomic E-state index is 0.0250. The van der Waals surface area contributed by atoms with Crippen LogP contribution in [0.3, 0.4) is 0 Å². The van der Waals surface area contributed by atoms with Crippen molar-refractivity contribution >= 4 is 0 Å². The quantitative estimate of drug-likeness (QED) is 0.590. The van der Waals surface area contributed by atoms with E-state index in [2.05, 4.69) is 13.8 Å². The normalized spacial score (nSPS) is 45.8. The molecule has 3 nitrogen and oxygen atoms in total. The fourth-order valence-corrected chi connectivity index (χ4v) is 2.26. The smallest absolute Gasteiger partial charge is 0.155 e. The number of rotatable bonds is 0. The molecule has 2 aliphatic heterocycles. The Bertz CT molecular complexity index is 179. The SMILES string of the molecule is CC1(C)CC2CC(O)OCC2O1. The number of hydrogen-bond acceptors (Lipinski definition) is 3. The second-order valence-corrected chi connectivity index (χ2v) is 4.40. The molecular formula is C9H16O3. The summed E-state index contributed by atoms with van der Waals surface area (Å²) in [5, 5.41) is 9.25. The minimum Gasteiger partial charge on any atom is -0.370 e. The average Bonchev–Trinajstić information content (AvgIpc) is 2.21. The molecule has 1 N–H and O–H groups in total. The Labute approximate surface area is 72.7 Å². The number of hydrogen-bond donors (Lipinski definition) is 1. The lowest BCUT2D eigenvalue weighted by Gasteiger charge is -2.27. The summed E-state index contributed by atoms with van der Waals surface area (Å²) in [6.45, 7) is 4.74. The van der Waals surface area contributed by atoms with Gasteiger partial charge in [-0.15, -0.1) is 0 Å². The third-order valence-electron chi connectivity index (χ3n) is 2.71. The standard InChI is InChI=1S/C9H16O3/c1-9(2)4-6-3-8(10)11-5-7(6)12-9/h6-8,10H,3-5H2,1-2H3. The van der Waals surface area contributed by atoms with Gasteiger partial charge in [-0.25, -0.2) is 0 Å². The van der Waals surface area contributed by atoms with E-state index in [1.807, 2.05) is 0 Å². The van der Waals surface area contributed by atoms with Gasteiger partial charge in [0.1, 0.15) is 0 Å². The maximum Gasteiger partial charge on any atom is 0.155 e. The summed E-state index contributed by atoms with van der Waals surface area (Å²) < 4.78 is 10.9. The lowest BCUT2D eigenvalue weighted by molar-refractivity contribution is -0.177. The van der Waals surface area contributed by atoms with E-state index in [0.29, 0.717) is 12.5 Å². The van der Waals surface area contributed by atoms with Crippen LogP contribution in [0.25, 0.3) is 0 Å². The molecule has 0 aliphatic carbocycles. The molecule has 0 aromatic heterocycles. The minimum atomic E-state index is -0.566. The summed E-state index contributed by atoms with van der Waals surface area (Å²) in [7, 11) is 0. The summed E-state index contributed by atoms with van der Waals surface area (Å²) in [4.78, 5) is 0. The van der Waals surface area contributed by atoms with Gasteiger partial charge in [-0.1, -0.05) is 0 Å². The van der Waals surface area contributed by atoms with Crippen LogP contribution in [0.5, 0.6) is 0 Å². The Morgan fingerprint density at radius 2 is 2.17 bits per heavy atom. The summed E-state index contributed by atoms with van der Waals surface area (Å²) in [5.74, 6) is 0.490. The molecule has 2 saturated heterocycles. The van der Waals surface area contributed by atoms with Crippen LogP contribution in [0.2, 0.25) is 0 Å². The first-order valence-corrected chi connectivity index (χ1v) is 4.54. The third-order valence-corrected chi connectivity index (χ3v) is 2.71. The highest BCUT2D eigenvalue weighted by atomic mass is 16.6. The summed E-state index contributed by atoms with van der Waals surface area (Å²) in [6.07, 6.45) is 1.42. The first-order chi connectivity index (χ1) is 5.57. The zero-order chi connectivity index (χ0) is 8.77. The molecular weight excluding hydrogens is 156 g/mol. The number of aliphatic hydroxyl groups excluding tert-OH is 1. The fourth-order valence-electron chi connectivity index (χ4n) is 2.26. The summed E-state index contributed by atoms with van der Waals surface area (Å²) >= 11 is 0. The molecule has 3 unspecified atom stereocenters. The largest absolute Gasteiger partial charge is 0.370 e. The van der Waals surface area contributed by atoms with Crippen molar-refractivity contribution in [3.63, 3.8) is 0 Å². The van der Waals surface area contributed by atoms with Gasteiger partial charge >= 0.3 is 0 Å². The van der Waals surface area contributed by atoms with Crippen LogP contribution >= 0.6 is 0 Å². The zero-order valence-corrected chi connectivity index (χ0v) is 7.62. The number of aliphatic hydroxyl groups is 1. The highest BCUT2D eigenvalue weighted by molar-refractivity contribution is 4.90. The topological polar surface area (TPSA) is 38.7 Å².